The van der Waals surface area contributed by atoms with E-state index >= 15 is 0 Å². The first kappa shape index (κ1) is 15.2. The predicted octanol–water partition coefficient (Wildman–Crippen LogP) is 0.602. The Labute approximate surface area is 112 Å². The number of amides is 1. The number of aromatic hydroxyl groups is 1. The van der Waals surface area contributed by atoms with E-state index in [4.69, 9.17) is 5.73 Å². The molecule has 5 heteroatoms. The van der Waals surface area contributed by atoms with Crippen LogP contribution < -0.4 is 11.1 Å². The van der Waals surface area contributed by atoms with Crippen molar-refractivity contribution in [1.82, 2.24) is 5.32 Å². The molecule has 1 aromatic rings. The third-order valence-electron chi connectivity index (χ3n) is 2.90. The molecule has 104 valence electrons. The van der Waals surface area contributed by atoms with Gasteiger partial charge in [0.05, 0.1) is 12.1 Å². The summed E-state index contributed by atoms with van der Waals surface area (Å²) in [5, 5.41) is 11.8. The third kappa shape index (κ3) is 4.71. The van der Waals surface area contributed by atoms with Gasteiger partial charge in [-0.1, -0.05) is 26.0 Å². The van der Waals surface area contributed by atoms with E-state index in [1.165, 1.54) is 0 Å². The molecule has 0 unspecified atom stereocenters. The second-order valence-corrected chi connectivity index (χ2v) is 4.89. The van der Waals surface area contributed by atoms with Gasteiger partial charge in [-0.05, 0) is 30.0 Å². The van der Waals surface area contributed by atoms with Gasteiger partial charge >= 0.3 is 0 Å². The molecule has 5 nitrogen and oxygen atoms in total. The van der Waals surface area contributed by atoms with Gasteiger partial charge in [-0.2, -0.15) is 0 Å². The molecular formula is C14H20N2O3. The number of aldehydes is 1. The fraction of sp³-hybridized carbons (Fsp3) is 0.429. The van der Waals surface area contributed by atoms with Gasteiger partial charge in [0.15, 0.2) is 0 Å². The van der Waals surface area contributed by atoms with Crippen LogP contribution in [0.25, 0.3) is 0 Å². The van der Waals surface area contributed by atoms with E-state index in [1.807, 2.05) is 13.8 Å². The van der Waals surface area contributed by atoms with Crippen LogP contribution in [0.4, 0.5) is 0 Å². The van der Waals surface area contributed by atoms with Crippen molar-refractivity contribution < 1.29 is 14.7 Å². The van der Waals surface area contributed by atoms with E-state index in [0.717, 1.165) is 5.56 Å². The minimum atomic E-state index is -0.623. The number of phenolic OH excluding ortho intramolecular Hbond substituents is 1. The lowest BCUT2D eigenvalue weighted by Gasteiger charge is -2.19. The monoisotopic (exact) mass is 264 g/mol. The van der Waals surface area contributed by atoms with Gasteiger partial charge in [0.2, 0.25) is 5.91 Å². The quantitative estimate of drug-likeness (QED) is 0.656. The van der Waals surface area contributed by atoms with E-state index in [9.17, 15) is 14.7 Å². The first-order valence-corrected chi connectivity index (χ1v) is 6.23. The molecule has 0 bridgehead atoms. The van der Waals surface area contributed by atoms with Crippen molar-refractivity contribution >= 4 is 12.2 Å². The molecule has 0 radical (unpaired) electrons. The average Bonchev–Trinajstić information content (AvgIpc) is 2.39. The summed E-state index contributed by atoms with van der Waals surface area (Å²) < 4.78 is 0. The maximum absolute atomic E-state index is 11.8. The zero-order valence-electron chi connectivity index (χ0n) is 11.2. The number of rotatable bonds is 6. The Hall–Kier alpha value is -1.88. The molecule has 0 heterocycles. The number of hydrogen-bond donors (Lipinski definition) is 3. The van der Waals surface area contributed by atoms with Crippen molar-refractivity contribution in [3.63, 3.8) is 0 Å². The zero-order valence-corrected chi connectivity index (χ0v) is 11.2. The summed E-state index contributed by atoms with van der Waals surface area (Å²) in [4.78, 5) is 22.8. The van der Waals surface area contributed by atoms with Crippen LogP contribution in [0.5, 0.6) is 5.75 Å². The van der Waals surface area contributed by atoms with Crippen molar-refractivity contribution in [1.29, 1.82) is 0 Å². The number of hydrogen-bond acceptors (Lipinski definition) is 4. The van der Waals surface area contributed by atoms with Crippen LogP contribution in [0.2, 0.25) is 0 Å². The third-order valence-corrected chi connectivity index (χ3v) is 2.90. The lowest BCUT2D eigenvalue weighted by molar-refractivity contribution is -0.125. The molecule has 1 rings (SSSR count). The van der Waals surface area contributed by atoms with Gasteiger partial charge < -0.3 is 21.0 Å². The van der Waals surface area contributed by atoms with E-state index in [2.05, 4.69) is 5.32 Å². The molecule has 0 saturated heterocycles. The largest absolute Gasteiger partial charge is 0.508 e. The first-order chi connectivity index (χ1) is 8.93. The standard InChI is InChI=1S/C14H20N2O3/c1-9(2)13(15)14(19)16-11(8-17)7-10-3-5-12(18)6-4-10/h3-6,8-9,11,13,18H,7,15H2,1-2H3,(H,16,19)/t11-,13-/m0/s1. The highest BCUT2D eigenvalue weighted by molar-refractivity contribution is 5.84. The molecule has 2 atom stereocenters. The molecule has 4 N–H and O–H groups in total. The number of nitrogens with two attached hydrogens (primary N) is 1. The van der Waals surface area contributed by atoms with Crippen LogP contribution in [-0.2, 0) is 16.0 Å². The Morgan fingerprint density at radius 1 is 1.37 bits per heavy atom. The molecule has 0 aromatic heterocycles. The molecular weight excluding hydrogens is 244 g/mol. The van der Waals surface area contributed by atoms with Crippen molar-refractivity contribution in [3.8, 4) is 5.75 Å². The molecule has 0 aliphatic carbocycles. The second-order valence-electron chi connectivity index (χ2n) is 4.89. The number of nitrogens with one attached hydrogen (secondary N) is 1. The first-order valence-electron chi connectivity index (χ1n) is 6.23. The van der Waals surface area contributed by atoms with Gasteiger partial charge in [-0.3, -0.25) is 4.79 Å². The second kappa shape index (κ2) is 6.89. The van der Waals surface area contributed by atoms with E-state index in [-0.39, 0.29) is 17.6 Å². The maximum Gasteiger partial charge on any atom is 0.237 e. The highest BCUT2D eigenvalue weighted by Gasteiger charge is 2.20. The predicted molar refractivity (Wildman–Crippen MR) is 72.6 cm³/mol. The summed E-state index contributed by atoms with van der Waals surface area (Å²) in [6.07, 6.45) is 1.07. The highest BCUT2D eigenvalue weighted by Crippen LogP contribution is 2.11. The van der Waals surface area contributed by atoms with E-state index in [1.54, 1.807) is 24.3 Å². The Morgan fingerprint density at radius 3 is 2.42 bits per heavy atom. The van der Waals surface area contributed by atoms with Gasteiger partial charge in [0.1, 0.15) is 12.0 Å². The van der Waals surface area contributed by atoms with Crippen molar-refractivity contribution in [2.24, 2.45) is 11.7 Å². The Balaban J connectivity index is 2.61. The van der Waals surface area contributed by atoms with Gasteiger partial charge in [-0.25, -0.2) is 0 Å². The Morgan fingerprint density at radius 2 is 1.95 bits per heavy atom. The highest BCUT2D eigenvalue weighted by atomic mass is 16.3. The van der Waals surface area contributed by atoms with Crippen LogP contribution in [0.15, 0.2) is 24.3 Å². The molecule has 0 saturated carbocycles. The summed E-state index contributed by atoms with van der Waals surface area (Å²) in [5.41, 5.74) is 6.57. The van der Waals surface area contributed by atoms with Crippen molar-refractivity contribution in [3.05, 3.63) is 29.8 Å². The smallest absolute Gasteiger partial charge is 0.237 e. The molecule has 1 amide bonds. The van der Waals surface area contributed by atoms with Crippen LogP contribution >= 0.6 is 0 Å². The average molecular weight is 264 g/mol. The lowest BCUT2D eigenvalue weighted by atomic mass is 10.0. The molecule has 0 aliphatic heterocycles. The van der Waals surface area contributed by atoms with Crippen LogP contribution in [0.1, 0.15) is 19.4 Å². The van der Waals surface area contributed by atoms with Gasteiger partial charge in [0, 0.05) is 0 Å². The van der Waals surface area contributed by atoms with E-state index in [0.29, 0.717) is 12.7 Å². The van der Waals surface area contributed by atoms with E-state index < -0.39 is 12.1 Å². The minimum absolute atomic E-state index is 0.0148. The zero-order chi connectivity index (χ0) is 14.4. The number of carbonyl (C=O) groups excluding carboxylic acids is 2. The maximum atomic E-state index is 11.8. The summed E-state index contributed by atoms with van der Waals surface area (Å²) >= 11 is 0. The molecule has 0 fully saturated rings. The Bertz CT molecular complexity index is 429. The summed E-state index contributed by atoms with van der Waals surface area (Å²) in [6.45, 7) is 3.69. The molecule has 1 aromatic carbocycles. The topological polar surface area (TPSA) is 92.4 Å². The van der Waals surface area contributed by atoms with Crippen LogP contribution in [0.3, 0.4) is 0 Å². The van der Waals surface area contributed by atoms with Gasteiger partial charge in [-0.15, -0.1) is 0 Å². The number of benzene rings is 1. The van der Waals surface area contributed by atoms with Crippen molar-refractivity contribution in [2.75, 3.05) is 0 Å². The summed E-state index contributed by atoms with van der Waals surface area (Å²) in [7, 11) is 0. The van der Waals surface area contributed by atoms with Crippen LogP contribution in [-0.4, -0.2) is 29.4 Å². The summed E-state index contributed by atoms with van der Waals surface area (Å²) in [5.74, 6) is -0.149. The molecule has 19 heavy (non-hydrogen) atoms. The molecule has 0 aliphatic rings. The number of carbonyl (C=O) groups is 2. The van der Waals surface area contributed by atoms with Gasteiger partial charge in [0.25, 0.3) is 0 Å². The van der Waals surface area contributed by atoms with Crippen molar-refractivity contribution in [2.45, 2.75) is 32.4 Å². The molecule has 0 spiro atoms. The fourth-order valence-electron chi connectivity index (χ4n) is 1.60. The summed E-state index contributed by atoms with van der Waals surface area (Å²) in [6, 6.07) is 5.27. The normalized spacial score (nSPS) is 13.9. The fourth-order valence-corrected chi connectivity index (χ4v) is 1.60. The number of phenols is 1. The van der Waals surface area contributed by atoms with Crippen LogP contribution in [0, 0.1) is 5.92 Å². The minimum Gasteiger partial charge on any atom is -0.508 e. The Kier molecular flexibility index (Phi) is 5.51. The lowest BCUT2D eigenvalue weighted by Crippen LogP contribution is -2.49. The SMILES string of the molecule is CC(C)[C@H](N)C(=O)N[C@H](C=O)Cc1ccc(O)cc1.